The van der Waals surface area contributed by atoms with E-state index in [4.69, 9.17) is 27.9 Å². The lowest BCUT2D eigenvalue weighted by Gasteiger charge is -2.31. The molecule has 0 radical (unpaired) electrons. The van der Waals surface area contributed by atoms with Crippen molar-refractivity contribution >= 4 is 50.7 Å². The fraction of sp³-hybridized carbons (Fsp3) is 0.364. The topological polar surface area (TPSA) is 96.0 Å². The minimum Gasteiger partial charge on any atom is -0.495 e. The number of benzene rings is 2. The lowest BCUT2D eigenvalue weighted by Crippen LogP contribution is -2.51. The highest BCUT2D eigenvalue weighted by Gasteiger charge is 2.31. The second-order valence-corrected chi connectivity index (χ2v) is 10.1. The van der Waals surface area contributed by atoms with E-state index in [-0.39, 0.29) is 28.9 Å². The first kappa shape index (κ1) is 26.8. The summed E-state index contributed by atoms with van der Waals surface area (Å²) in [6.45, 7) is 3.28. The average molecular weight is 516 g/mol. The summed E-state index contributed by atoms with van der Waals surface area (Å²) in [6, 6.07) is 10.5. The number of sulfonamides is 1. The molecule has 1 atom stereocenters. The quantitative estimate of drug-likeness (QED) is 0.523. The molecule has 1 N–H and O–H groups in total. The molecule has 8 nitrogen and oxygen atoms in total. The molecule has 1 unspecified atom stereocenters. The lowest BCUT2D eigenvalue weighted by molar-refractivity contribution is -0.139. The van der Waals surface area contributed by atoms with Gasteiger partial charge in [-0.2, -0.15) is 0 Å². The van der Waals surface area contributed by atoms with E-state index in [2.05, 4.69) is 5.32 Å². The number of ether oxygens (including phenoxy) is 1. The molecule has 11 heteroatoms. The highest BCUT2D eigenvalue weighted by Crippen LogP contribution is 2.33. The fourth-order valence-corrected chi connectivity index (χ4v) is 4.28. The summed E-state index contributed by atoms with van der Waals surface area (Å²) in [5.41, 5.74) is 0.855. The minimum atomic E-state index is -3.90. The number of hydrogen-bond donors (Lipinski definition) is 1. The Morgan fingerprint density at radius 2 is 1.70 bits per heavy atom. The molecule has 0 spiro atoms. The third-order valence-electron chi connectivity index (χ3n) is 4.87. The second kappa shape index (κ2) is 11.6. The van der Waals surface area contributed by atoms with E-state index >= 15 is 0 Å². The minimum absolute atomic E-state index is 0.0819. The van der Waals surface area contributed by atoms with E-state index in [1.54, 1.807) is 44.2 Å². The van der Waals surface area contributed by atoms with Crippen LogP contribution in [0.25, 0.3) is 0 Å². The summed E-state index contributed by atoms with van der Waals surface area (Å²) in [4.78, 5) is 27.3. The van der Waals surface area contributed by atoms with Crippen LogP contribution < -0.4 is 14.4 Å². The summed E-state index contributed by atoms with van der Waals surface area (Å²) in [5, 5.41) is 3.50. The number of amides is 2. The number of hydrogen-bond acceptors (Lipinski definition) is 5. The van der Waals surface area contributed by atoms with Gasteiger partial charge in [0.15, 0.2) is 0 Å². The van der Waals surface area contributed by atoms with Crippen LogP contribution in [0.5, 0.6) is 5.75 Å². The van der Waals surface area contributed by atoms with Gasteiger partial charge in [-0.15, -0.1) is 0 Å². The van der Waals surface area contributed by atoms with Gasteiger partial charge < -0.3 is 15.0 Å². The second-order valence-electron chi connectivity index (χ2n) is 7.30. The predicted octanol–water partition coefficient (Wildman–Crippen LogP) is 3.32. The van der Waals surface area contributed by atoms with Crippen LogP contribution in [-0.4, -0.2) is 57.6 Å². The van der Waals surface area contributed by atoms with Gasteiger partial charge in [0.1, 0.15) is 18.3 Å². The first-order chi connectivity index (χ1) is 15.5. The molecule has 0 heterocycles. The zero-order valence-corrected chi connectivity index (χ0v) is 21.2. The Morgan fingerprint density at radius 3 is 2.24 bits per heavy atom. The summed E-state index contributed by atoms with van der Waals surface area (Å²) in [7, 11) is -2.51. The van der Waals surface area contributed by atoms with E-state index in [0.29, 0.717) is 11.6 Å². The number of nitrogens with zero attached hydrogens (tertiary/aromatic N) is 2. The van der Waals surface area contributed by atoms with Gasteiger partial charge in [-0.1, -0.05) is 35.3 Å². The third-order valence-corrected chi connectivity index (χ3v) is 6.49. The standard InChI is InChI=1S/C22H27Cl2N3O5S/c1-5-25-22(29)15(2)26(13-16-6-8-17(23)9-7-16)21(28)14-27(33(4,30)31)19-12-18(24)10-11-20(19)32-3/h6-12,15H,5,13-14H2,1-4H3,(H,25,29). The van der Waals surface area contributed by atoms with Gasteiger partial charge in [0.25, 0.3) is 0 Å². The maximum Gasteiger partial charge on any atom is 0.244 e. The number of carbonyl (C=O) groups is 2. The van der Waals surface area contributed by atoms with Crippen molar-refractivity contribution in [1.29, 1.82) is 0 Å². The molecule has 0 aliphatic carbocycles. The van der Waals surface area contributed by atoms with E-state index < -0.39 is 28.5 Å². The van der Waals surface area contributed by atoms with Crippen molar-refractivity contribution in [3.8, 4) is 5.75 Å². The van der Waals surface area contributed by atoms with Crippen molar-refractivity contribution in [2.45, 2.75) is 26.4 Å². The van der Waals surface area contributed by atoms with Crippen LogP contribution in [0, 0.1) is 0 Å². The van der Waals surface area contributed by atoms with Crippen LogP contribution in [-0.2, 0) is 26.2 Å². The molecular formula is C22H27Cl2N3O5S. The van der Waals surface area contributed by atoms with Crippen molar-refractivity contribution in [1.82, 2.24) is 10.2 Å². The summed E-state index contributed by atoms with van der Waals surface area (Å²) < 4.78 is 31.5. The van der Waals surface area contributed by atoms with Gasteiger partial charge in [-0.3, -0.25) is 13.9 Å². The number of anilines is 1. The van der Waals surface area contributed by atoms with Gasteiger partial charge in [0.2, 0.25) is 21.8 Å². The van der Waals surface area contributed by atoms with Gasteiger partial charge in [0.05, 0.1) is 19.1 Å². The highest BCUT2D eigenvalue weighted by atomic mass is 35.5. The number of halogens is 2. The highest BCUT2D eigenvalue weighted by molar-refractivity contribution is 7.92. The number of methoxy groups -OCH3 is 1. The molecule has 0 aliphatic heterocycles. The number of carbonyl (C=O) groups excluding carboxylic acids is 2. The summed E-state index contributed by atoms with van der Waals surface area (Å²) in [5.74, 6) is -0.694. The molecule has 0 saturated carbocycles. The van der Waals surface area contributed by atoms with Crippen LogP contribution in [0.4, 0.5) is 5.69 Å². The molecule has 0 bridgehead atoms. The molecule has 0 fully saturated rings. The van der Waals surface area contributed by atoms with E-state index in [9.17, 15) is 18.0 Å². The smallest absolute Gasteiger partial charge is 0.244 e. The molecule has 0 aliphatic rings. The maximum atomic E-state index is 13.4. The SMILES string of the molecule is CCNC(=O)C(C)N(Cc1ccc(Cl)cc1)C(=O)CN(c1cc(Cl)ccc1OC)S(C)(=O)=O. The first-order valence-corrected chi connectivity index (χ1v) is 12.7. The molecule has 2 aromatic rings. The predicted molar refractivity (Wildman–Crippen MR) is 130 cm³/mol. The van der Waals surface area contributed by atoms with Crippen LogP contribution in [0.15, 0.2) is 42.5 Å². The van der Waals surface area contributed by atoms with Crippen molar-refractivity contribution in [3.05, 3.63) is 58.1 Å². The molecule has 2 rings (SSSR count). The molecule has 0 saturated heterocycles. The molecule has 2 amide bonds. The Labute approximate surface area is 204 Å². The molecular weight excluding hydrogens is 489 g/mol. The summed E-state index contributed by atoms with van der Waals surface area (Å²) >= 11 is 12.0. The Balaban J connectivity index is 2.44. The average Bonchev–Trinajstić information content (AvgIpc) is 2.75. The van der Waals surface area contributed by atoms with E-state index in [1.807, 2.05) is 0 Å². The van der Waals surface area contributed by atoms with Gasteiger partial charge >= 0.3 is 0 Å². The number of rotatable bonds is 10. The van der Waals surface area contributed by atoms with Crippen LogP contribution in [0.2, 0.25) is 10.0 Å². The molecule has 0 aromatic heterocycles. The zero-order chi connectivity index (χ0) is 24.8. The van der Waals surface area contributed by atoms with Gasteiger partial charge in [-0.05, 0) is 49.7 Å². The van der Waals surface area contributed by atoms with Crippen molar-refractivity contribution < 1.29 is 22.7 Å². The largest absolute Gasteiger partial charge is 0.495 e. The van der Waals surface area contributed by atoms with Crippen LogP contribution in [0.3, 0.4) is 0 Å². The van der Waals surface area contributed by atoms with E-state index in [0.717, 1.165) is 16.1 Å². The Bertz CT molecular complexity index is 1090. The summed E-state index contributed by atoms with van der Waals surface area (Å²) in [6.07, 6.45) is 0.984. The molecule has 33 heavy (non-hydrogen) atoms. The Morgan fingerprint density at radius 1 is 1.09 bits per heavy atom. The molecule has 180 valence electrons. The monoisotopic (exact) mass is 515 g/mol. The van der Waals surface area contributed by atoms with Gasteiger partial charge in [0, 0.05) is 23.1 Å². The Hall–Kier alpha value is -2.49. The fourth-order valence-electron chi connectivity index (χ4n) is 3.14. The van der Waals surface area contributed by atoms with Gasteiger partial charge in [-0.25, -0.2) is 8.42 Å². The molecule has 2 aromatic carbocycles. The van der Waals surface area contributed by atoms with Crippen LogP contribution >= 0.6 is 23.2 Å². The van der Waals surface area contributed by atoms with Crippen molar-refractivity contribution in [3.63, 3.8) is 0 Å². The Kier molecular flexibility index (Phi) is 9.39. The number of likely N-dealkylation sites (N-methyl/N-ethyl adjacent to an activating group) is 1. The van der Waals surface area contributed by atoms with Crippen molar-refractivity contribution in [2.75, 3.05) is 30.8 Å². The van der Waals surface area contributed by atoms with Crippen molar-refractivity contribution in [2.24, 2.45) is 0 Å². The number of nitrogens with one attached hydrogen (secondary N) is 1. The van der Waals surface area contributed by atoms with E-state index in [1.165, 1.54) is 24.1 Å². The van der Waals surface area contributed by atoms with Crippen LogP contribution in [0.1, 0.15) is 19.4 Å². The lowest BCUT2D eigenvalue weighted by atomic mass is 10.1. The normalized spacial score (nSPS) is 12.1. The third kappa shape index (κ3) is 7.25. The first-order valence-electron chi connectivity index (χ1n) is 10.1. The maximum absolute atomic E-state index is 13.4. The zero-order valence-electron chi connectivity index (χ0n) is 18.8.